The number of hydrogen-bond donors (Lipinski definition) is 1. The van der Waals surface area contributed by atoms with Crippen LogP contribution in [0.2, 0.25) is 0 Å². The van der Waals surface area contributed by atoms with Crippen LogP contribution in [0.15, 0.2) is 11.6 Å². The van der Waals surface area contributed by atoms with Crippen LogP contribution in [-0.2, 0) is 52.3 Å². The van der Waals surface area contributed by atoms with Gasteiger partial charge in [-0.15, -0.1) is 0 Å². The van der Waals surface area contributed by atoms with Crippen LogP contribution < -0.4 is 0 Å². The molecule has 0 aromatic carbocycles. The van der Waals surface area contributed by atoms with Crippen molar-refractivity contribution in [2.45, 2.75) is 141 Å². The second-order valence-corrected chi connectivity index (χ2v) is 15.7. The zero-order chi connectivity index (χ0) is 33.7. The summed E-state index contributed by atoms with van der Waals surface area (Å²) in [4.78, 5) is 49.2. The van der Waals surface area contributed by atoms with Crippen molar-refractivity contribution in [1.29, 1.82) is 0 Å². The molecule has 12 nitrogen and oxygen atoms in total. The Labute approximate surface area is 275 Å². The van der Waals surface area contributed by atoms with Crippen LogP contribution in [0.5, 0.6) is 0 Å². The third-order valence-electron chi connectivity index (χ3n) is 13.2. The Morgan fingerprint density at radius 2 is 1.62 bits per heavy atom. The van der Waals surface area contributed by atoms with Crippen molar-refractivity contribution in [3.63, 3.8) is 0 Å². The fraction of sp³-hybridized carbons (Fsp3) is 0.829. The van der Waals surface area contributed by atoms with Gasteiger partial charge in [-0.05, 0) is 86.5 Å². The van der Waals surface area contributed by atoms with E-state index < -0.39 is 59.3 Å². The van der Waals surface area contributed by atoms with Gasteiger partial charge >= 0.3 is 29.7 Å². The molecule has 0 aromatic rings. The maximum absolute atomic E-state index is 13.0. The molecule has 0 aromatic heterocycles. The summed E-state index contributed by atoms with van der Waals surface area (Å²) in [6.07, 6.45) is 2.83. The first-order valence-electron chi connectivity index (χ1n) is 17.2. The second kappa shape index (κ2) is 11.2. The minimum absolute atomic E-state index is 0.0745. The number of carbonyl (C=O) groups is 4. The summed E-state index contributed by atoms with van der Waals surface area (Å²) < 4.78 is 42.3. The molecule has 2 saturated heterocycles. The molecular formula is C35H48O12. The lowest BCUT2D eigenvalue weighted by Gasteiger charge is -2.66. The lowest BCUT2D eigenvalue weighted by molar-refractivity contribution is -0.456. The van der Waals surface area contributed by atoms with E-state index in [1.807, 2.05) is 6.92 Å². The lowest BCUT2D eigenvalue weighted by atomic mass is 9.42. The highest BCUT2D eigenvalue weighted by Gasteiger charge is 2.73. The van der Waals surface area contributed by atoms with Crippen LogP contribution in [0.4, 0.5) is 0 Å². The van der Waals surface area contributed by atoms with Gasteiger partial charge in [0.05, 0.1) is 18.3 Å². The van der Waals surface area contributed by atoms with E-state index in [9.17, 15) is 24.3 Å². The highest BCUT2D eigenvalue weighted by molar-refractivity contribution is 5.85. The van der Waals surface area contributed by atoms with Crippen LogP contribution in [0.3, 0.4) is 0 Å². The normalized spacial score (nSPS) is 49.9. The molecule has 12 heteroatoms. The Bertz CT molecular complexity index is 1380. The molecule has 47 heavy (non-hydrogen) atoms. The first kappa shape index (κ1) is 33.0. The molecule has 1 N–H and O–H groups in total. The zero-order valence-corrected chi connectivity index (χ0v) is 28.2. The van der Waals surface area contributed by atoms with Crippen LogP contribution in [-0.4, -0.2) is 83.8 Å². The van der Waals surface area contributed by atoms with Crippen LogP contribution >= 0.6 is 0 Å². The zero-order valence-electron chi connectivity index (χ0n) is 28.2. The van der Waals surface area contributed by atoms with E-state index in [1.165, 1.54) is 20.8 Å². The molecular weight excluding hydrogens is 612 g/mol. The third-order valence-corrected chi connectivity index (χ3v) is 13.2. The number of fused-ring (bicyclic) bond motifs is 7. The largest absolute Gasteiger partial charge is 0.459 e. The maximum atomic E-state index is 13.0. The van der Waals surface area contributed by atoms with Crippen molar-refractivity contribution in [3.8, 4) is 0 Å². The van der Waals surface area contributed by atoms with E-state index in [-0.39, 0.29) is 60.3 Å². The molecule has 7 rings (SSSR count). The molecule has 3 heterocycles. The molecule has 260 valence electrons. The SMILES string of the molecule is CC(=O)O[C@@H]1C[C@@H](C)O[C@H]2O[C@@H]3C[C@@H]4CC[C@@H]5[C@H](CC[C@]6(C)[C@@H](C7=CC(=O)OC7)C[C@@H](OC(C)=O)[C@]56O)[C@@]4(C)C[C@H]3O[C@]21OC(C)=O. The van der Waals surface area contributed by atoms with E-state index in [2.05, 4.69) is 13.8 Å². The summed E-state index contributed by atoms with van der Waals surface area (Å²) in [5.41, 5.74) is -1.38. The molecule has 14 atom stereocenters. The Hall–Kier alpha value is -2.54. The number of cyclic esters (lactones) is 1. The van der Waals surface area contributed by atoms with E-state index in [4.69, 9.17) is 33.2 Å². The maximum Gasteiger partial charge on any atom is 0.331 e. The Morgan fingerprint density at radius 3 is 2.28 bits per heavy atom. The number of esters is 4. The fourth-order valence-corrected chi connectivity index (χ4v) is 11.3. The van der Waals surface area contributed by atoms with Crippen molar-refractivity contribution >= 4 is 23.9 Å². The molecule has 6 fully saturated rings. The summed E-state index contributed by atoms with van der Waals surface area (Å²) >= 11 is 0. The summed E-state index contributed by atoms with van der Waals surface area (Å²) in [6, 6.07) is 0. The van der Waals surface area contributed by atoms with Gasteiger partial charge in [0.15, 0.2) is 6.10 Å². The Morgan fingerprint density at radius 1 is 0.894 bits per heavy atom. The molecule has 0 spiro atoms. The predicted molar refractivity (Wildman–Crippen MR) is 161 cm³/mol. The van der Waals surface area contributed by atoms with Gasteiger partial charge in [-0.3, -0.25) is 14.4 Å². The Balaban J connectivity index is 1.21. The van der Waals surface area contributed by atoms with Crippen molar-refractivity contribution in [2.24, 2.45) is 34.5 Å². The first-order valence-corrected chi connectivity index (χ1v) is 17.2. The summed E-state index contributed by atoms with van der Waals surface area (Å²) in [6.45, 7) is 10.4. The topological polar surface area (TPSA) is 153 Å². The van der Waals surface area contributed by atoms with E-state index in [0.29, 0.717) is 25.7 Å². The second-order valence-electron chi connectivity index (χ2n) is 15.7. The molecule has 3 aliphatic heterocycles. The first-order chi connectivity index (χ1) is 22.1. The number of aliphatic hydroxyl groups is 1. The average molecular weight is 661 g/mol. The summed E-state index contributed by atoms with van der Waals surface area (Å²) in [7, 11) is 0. The van der Waals surface area contributed by atoms with Gasteiger partial charge in [0.1, 0.15) is 18.3 Å². The number of ether oxygens (including phenoxy) is 7. The van der Waals surface area contributed by atoms with E-state index in [0.717, 1.165) is 24.8 Å². The molecule has 7 aliphatic rings. The molecule has 0 unspecified atom stereocenters. The quantitative estimate of drug-likeness (QED) is 0.267. The molecule has 4 saturated carbocycles. The number of carbonyl (C=O) groups excluding carboxylic acids is 4. The van der Waals surface area contributed by atoms with Gasteiger partial charge in [0.2, 0.25) is 6.29 Å². The van der Waals surface area contributed by atoms with Gasteiger partial charge < -0.3 is 38.3 Å². The van der Waals surface area contributed by atoms with Crippen LogP contribution in [0.1, 0.15) is 92.9 Å². The monoisotopic (exact) mass is 660 g/mol. The predicted octanol–water partition coefficient (Wildman–Crippen LogP) is 3.50. The fourth-order valence-electron chi connectivity index (χ4n) is 11.3. The minimum Gasteiger partial charge on any atom is -0.459 e. The van der Waals surface area contributed by atoms with Crippen LogP contribution in [0, 0.1) is 34.5 Å². The van der Waals surface area contributed by atoms with Crippen molar-refractivity contribution in [1.82, 2.24) is 0 Å². The lowest BCUT2D eigenvalue weighted by Crippen LogP contribution is -2.72. The van der Waals surface area contributed by atoms with Gasteiger partial charge in [-0.2, -0.15) is 0 Å². The summed E-state index contributed by atoms with van der Waals surface area (Å²) in [5.74, 6) is -3.68. The number of hydrogen-bond acceptors (Lipinski definition) is 12. The molecule has 0 bridgehead atoms. The van der Waals surface area contributed by atoms with Gasteiger partial charge in [0, 0.05) is 38.7 Å². The van der Waals surface area contributed by atoms with Gasteiger partial charge in [0.25, 0.3) is 0 Å². The van der Waals surface area contributed by atoms with E-state index in [1.54, 1.807) is 6.08 Å². The average Bonchev–Trinajstić information content (AvgIpc) is 3.49. The highest BCUT2D eigenvalue weighted by Crippen LogP contribution is 2.71. The van der Waals surface area contributed by atoms with E-state index >= 15 is 0 Å². The highest BCUT2D eigenvalue weighted by atomic mass is 16.8. The van der Waals surface area contributed by atoms with Crippen molar-refractivity contribution in [3.05, 3.63) is 11.6 Å². The third kappa shape index (κ3) is 4.90. The smallest absolute Gasteiger partial charge is 0.331 e. The Kier molecular flexibility index (Phi) is 7.89. The molecule has 4 aliphatic carbocycles. The summed E-state index contributed by atoms with van der Waals surface area (Å²) in [5, 5.41) is 13.0. The minimum atomic E-state index is -1.75. The van der Waals surface area contributed by atoms with Gasteiger partial charge in [-0.25, -0.2) is 4.79 Å². The molecule has 0 amide bonds. The number of rotatable bonds is 4. The van der Waals surface area contributed by atoms with Crippen molar-refractivity contribution < 1.29 is 57.4 Å². The van der Waals surface area contributed by atoms with Crippen LogP contribution in [0.25, 0.3) is 0 Å². The molecule has 0 radical (unpaired) electrons. The van der Waals surface area contributed by atoms with Crippen molar-refractivity contribution in [2.75, 3.05) is 6.61 Å². The van der Waals surface area contributed by atoms with Gasteiger partial charge in [-0.1, -0.05) is 13.8 Å². The standard InChI is InChI=1S/C35H48O12/c1-17-11-29(44-19(3)37)35(46-20(4)38)31(42-17)45-26-13-22-7-8-24-23(32(22,5)15-27(26)47-35)9-10-33(6)25(21-12-30(39)41-16-21)14-28(34(24,33)40)43-18(2)36/h12,17,22-29,31,40H,7-11,13-16H2,1-6H3/t17-,22+,23+,24-,25-,26-,27-,28-,29-,31+,32+,33-,34-,35+/m1/s1.